The molecule has 87 valence electrons. The van der Waals surface area contributed by atoms with Gasteiger partial charge in [-0.05, 0) is 12.1 Å². The lowest BCUT2D eigenvalue weighted by Crippen LogP contribution is -2.52. The van der Waals surface area contributed by atoms with E-state index in [1.165, 1.54) is 5.01 Å². The molecule has 0 aromatic heterocycles. The summed E-state index contributed by atoms with van der Waals surface area (Å²) in [5, 5.41) is 7.26. The largest absolute Gasteiger partial charge is 0.276 e. The molecule has 2 aliphatic heterocycles. The third-order valence-electron chi connectivity index (χ3n) is 3.09. The molecule has 1 fully saturated rings. The third kappa shape index (κ3) is 1.55. The quantitative estimate of drug-likeness (QED) is 0.644. The van der Waals surface area contributed by atoms with Crippen molar-refractivity contribution in [3.8, 4) is 0 Å². The number of piperazine rings is 1. The molecule has 0 aliphatic carbocycles. The van der Waals surface area contributed by atoms with Crippen molar-refractivity contribution in [2.75, 3.05) is 26.2 Å². The molecule has 0 N–H and O–H groups in total. The zero-order valence-corrected chi connectivity index (χ0v) is 9.30. The molecule has 5 heteroatoms. The van der Waals surface area contributed by atoms with E-state index in [1.807, 2.05) is 0 Å². The summed E-state index contributed by atoms with van der Waals surface area (Å²) in [6.45, 7) is 2.61. The number of benzene rings is 1. The Hall–Kier alpha value is -1.72. The van der Waals surface area contributed by atoms with Crippen molar-refractivity contribution in [1.29, 1.82) is 0 Å². The van der Waals surface area contributed by atoms with Gasteiger partial charge in [0.2, 0.25) is 0 Å². The highest BCUT2D eigenvalue weighted by Gasteiger charge is 2.39. The Labute approximate surface area is 99.0 Å². The van der Waals surface area contributed by atoms with Crippen LogP contribution >= 0.6 is 0 Å². The summed E-state index contributed by atoms with van der Waals surface area (Å²) in [6.07, 6.45) is 0. The average molecular weight is 230 g/mol. The Morgan fingerprint density at radius 2 is 1.47 bits per heavy atom. The Kier molecular flexibility index (Phi) is 2.42. The second kappa shape index (κ2) is 3.94. The van der Waals surface area contributed by atoms with Gasteiger partial charge in [-0.1, -0.05) is 12.1 Å². The maximum atomic E-state index is 12.1. The fourth-order valence-corrected chi connectivity index (χ4v) is 2.23. The van der Waals surface area contributed by atoms with E-state index in [1.54, 1.807) is 29.3 Å². The van der Waals surface area contributed by atoms with Gasteiger partial charge >= 0.3 is 0 Å². The van der Waals surface area contributed by atoms with Crippen molar-refractivity contribution in [2.45, 2.75) is 0 Å². The zero-order chi connectivity index (χ0) is 11.8. The van der Waals surface area contributed by atoms with E-state index in [0.29, 0.717) is 37.3 Å². The maximum absolute atomic E-state index is 12.1. The van der Waals surface area contributed by atoms with Gasteiger partial charge in [-0.25, -0.2) is 15.3 Å². The van der Waals surface area contributed by atoms with Crippen molar-refractivity contribution in [3.05, 3.63) is 35.4 Å². The lowest BCUT2D eigenvalue weighted by molar-refractivity contribution is -0.00394. The van der Waals surface area contributed by atoms with Crippen LogP contribution in [0.2, 0.25) is 0 Å². The summed E-state index contributed by atoms with van der Waals surface area (Å²) in [4.78, 5) is 24.3. The van der Waals surface area contributed by atoms with Gasteiger partial charge in [0.25, 0.3) is 11.8 Å². The first-order valence-electron chi connectivity index (χ1n) is 5.65. The minimum Gasteiger partial charge on any atom is -0.267 e. The molecule has 0 unspecified atom stereocenters. The molecule has 3 rings (SSSR count). The molecular formula is C12H12N3O2. The number of nitrogens with zero attached hydrogens (tertiary/aromatic N) is 3. The predicted molar refractivity (Wildman–Crippen MR) is 60.4 cm³/mol. The number of rotatable bonds is 1. The lowest BCUT2D eigenvalue weighted by atomic mass is 10.1. The van der Waals surface area contributed by atoms with Crippen LogP contribution in [-0.4, -0.2) is 48.0 Å². The second-order valence-corrected chi connectivity index (χ2v) is 4.09. The van der Waals surface area contributed by atoms with Crippen molar-refractivity contribution >= 4 is 11.8 Å². The minimum atomic E-state index is -0.215. The molecule has 0 spiro atoms. The number of hydrazine groups is 1. The van der Waals surface area contributed by atoms with E-state index in [9.17, 15) is 9.59 Å². The first-order valence-corrected chi connectivity index (χ1v) is 5.65. The van der Waals surface area contributed by atoms with Crippen LogP contribution in [0.5, 0.6) is 0 Å². The standard InChI is InChI=1S/C12H12N3O2/c16-11-9-3-1-2-4-10(9)12(17)15(11)14-7-5-13-6-8-14/h1-4H,5-8H2. The molecule has 2 aliphatic rings. The summed E-state index contributed by atoms with van der Waals surface area (Å²) in [6, 6.07) is 6.95. The normalized spacial score (nSPS) is 20.8. The predicted octanol–water partition coefficient (Wildman–Crippen LogP) is 0.118. The molecule has 1 aromatic rings. The maximum Gasteiger partial charge on any atom is 0.276 e. The Morgan fingerprint density at radius 1 is 0.941 bits per heavy atom. The Balaban J connectivity index is 1.94. The summed E-state index contributed by atoms with van der Waals surface area (Å²) < 4.78 is 0. The van der Waals surface area contributed by atoms with Gasteiger partial charge in [-0.15, -0.1) is 0 Å². The van der Waals surface area contributed by atoms with E-state index in [2.05, 4.69) is 5.32 Å². The van der Waals surface area contributed by atoms with Gasteiger partial charge in [0.1, 0.15) is 0 Å². The van der Waals surface area contributed by atoms with E-state index < -0.39 is 0 Å². The number of imide groups is 1. The van der Waals surface area contributed by atoms with Gasteiger partial charge in [-0.2, -0.15) is 0 Å². The second-order valence-electron chi connectivity index (χ2n) is 4.09. The van der Waals surface area contributed by atoms with Crippen LogP contribution in [0.15, 0.2) is 24.3 Å². The molecule has 1 aromatic carbocycles. The van der Waals surface area contributed by atoms with E-state index in [4.69, 9.17) is 0 Å². The van der Waals surface area contributed by atoms with Gasteiger partial charge < -0.3 is 0 Å². The first kappa shape index (κ1) is 10.4. The lowest BCUT2D eigenvalue weighted by Gasteiger charge is -2.32. The van der Waals surface area contributed by atoms with Crippen LogP contribution in [0.1, 0.15) is 20.7 Å². The summed E-state index contributed by atoms with van der Waals surface area (Å²) in [5.74, 6) is -0.431. The fraction of sp³-hybridized carbons (Fsp3) is 0.333. The van der Waals surface area contributed by atoms with Crippen LogP contribution in [0.3, 0.4) is 0 Å². The first-order chi connectivity index (χ1) is 8.29. The van der Waals surface area contributed by atoms with E-state index in [0.717, 1.165) is 0 Å². The number of hydrogen-bond donors (Lipinski definition) is 0. The number of hydrogen-bond acceptors (Lipinski definition) is 3. The van der Waals surface area contributed by atoms with Gasteiger partial charge in [0.05, 0.1) is 11.1 Å². The highest BCUT2D eigenvalue weighted by molar-refractivity contribution is 6.20. The zero-order valence-electron chi connectivity index (χ0n) is 9.30. The molecule has 0 saturated carbocycles. The van der Waals surface area contributed by atoms with Crippen LogP contribution in [0.25, 0.3) is 0 Å². The van der Waals surface area contributed by atoms with Gasteiger partial charge in [0, 0.05) is 26.2 Å². The van der Waals surface area contributed by atoms with Crippen molar-refractivity contribution in [3.63, 3.8) is 0 Å². The van der Waals surface area contributed by atoms with Crippen molar-refractivity contribution < 1.29 is 9.59 Å². The molecule has 1 saturated heterocycles. The molecular weight excluding hydrogens is 218 g/mol. The topological polar surface area (TPSA) is 54.7 Å². The smallest absolute Gasteiger partial charge is 0.267 e. The summed E-state index contributed by atoms with van der Waals surface area (Å²) >= 11 is 0. The molecule has 17 heavy (non-hydrogen) atoms. The third-order valence-corrected chi connectivity index (χ3v) is 3.09. The van der Waals surface area contributed by atoms with Crippen LogP contribution in [-0.2, 0) is 0 Å². The number of carbonyl (C=O) groups is 2. The Bertz CT molecular complexity index is 445. The number of fused-ring (bicyclic) bond motifs is 1. The molecule has 0 bridgehead atoms. The monoisotopic (exact) mass is 230 g/mol. The number of carbonyl (C=O) groups excluding carboxylic acids is 2. The van der Waals surface area contributed by atoms with Gasteiger partial charge in [0.15, 0.2) is 0 Å². The van der Waals surface area contributed by atoms with Gasteiger partial charge in [-0.3, -0.25) is 9.59 Å². The van der Waals surface area contributed by atoms with E-state index in [-0.39, 0.29) is 11.8 Å². The average Bonchev–Trinajstić information content (AvgIpc) is 2.64. The molecule has 1 radical (unpaired) electrons. The van der Waals surface area contributed by atoms with Crippen LogP contribution < -0.4 is 5.32 Å². The minimum absolute atomic E-state index is 0.215. The number of amides is 2. The van der Waals surface area contributed by atoms with E-state index >= 15 is 0 Å². The molecule has 2 heterocycles. The summed E-state index contributed by atoms with van der Waals surface area (Å²) in [7, 11) is 0. The van der Waals surface area contributed by atoms with Crippen molar-refractivity contribution in [2.24, 2.45) is 0 Å². The van der Waals surface area contributed by atoms with Crippen LogP contribution in [0, 0.1) is 0 Å². The highest BCUT2D eigenvalue weighted by Crippen LogP contribution is 2.24. The fourth-order valence-electron chi connectivity index (χ4n) is 2.23. The van der Waals surface area contributed by atoms with Crippen molar-refractivity contribution in [1.82, 2.24) is 15.3 Å². The highest BCUT2D eigenvalue weighted by atomic mass is 16.2. The molecule has 2 amide bonds. The SMILES string of the molecule is O=C1c2ccccc2C(=O)N1N1CC[N]CC1. The summed E-state index contributed by atoms with van der Waals surface area (Å²) in [5.41, 5.74) is 1.00. The molecule has 0 atom stereocenters. The molecule has 5 nitrogen and oxygen atoms in total. The van der Waals surface area contributed by atoms with Crippen LogP contribution in [0.4, 0.5) is 0 Å². The Morgan fingerprint density at radius 3 is 2.00 bits per heavy atom.